The number of ether oxygens (including phenoxy) is 4. The highest BCUT2D eigenvalue weighted by Gasteiger charge is 2.48. The van der Waals surface area contributed by atoms with Crippen molar-refractivity contribution in [3.8, 4) is 0 Å². The van der Waals surface area contributed by atoms with Gasteiger partial charge in [0, 0.05) is 13.0 Å². The van der Waals surface area contributed by atoms with E-state index in [1.165, 1.54) is 64.2 Å². The van der Waals surface area contributed by atoms with Gasteiger partial charge in [0.25, 0.3) is 0 Å². The van der Waals surface area contributed by atoms with Crippen LogP contribution in [-0.2, 0) is 38.3 Å². The third kappa shape index (κ3) is 38.1. The molecule has 0 bridgehead atoms. The van der Waals surface area contributed by atoms with Gasteiger partial charge in [-0.25, -0.2) is 4.18 Å². The fourth-order valence-electron chi connectivity index (χ4n) is 7.55. The van der Waals surface area contributed by atoms with Gasteiger partial charge < -0.3 is 34.3 Å². The molecular formula is C55H94O12S. The van der Waals surface area contributed by atoms with Crippen LogP contribution in [-0.4, -0.2) is 97.5 Å². The van der Waals surface area contributed by atoms with Crippen LogP contribution in [0.2, 0.25) is 0 Å². The van der Waals surface area contributed by atoms with E-state index in [9.17, 15) is 33.1 Å². The number of esters is 1. The van der Waals surface area contributed by atoms with E-state index in [2.05, 4.69) is 103 Å². The molecule has 0 aromatic rings. The first-order chi connectivity index (χ1) is 33.1. The summed E-state index contributed by atoms with van der Waals surface area (Å²) in [6.45, 7) is 3.84. The zero-order chi connectivity index (χ0) is 49.6. The summed E-state index contributed by atoms with van der Waals surface area (Å²) in [5, 5.41) is 30.8. The summed E-state index contributed by atoms with van der Waals surface area (Å²) in [5.41, 5.74) is 0. The second kappa shape index (κ2) is 45.4. The second-order valence-corrected chi connectivity index (χ2v) is 18.8. The lowest BCUT2D eigenvalue weighted by molar-refractivity contribution is -0.301. The molecule has 0 saturated carbocycles. The van der Waals surface area contributed by atoms with Crippen molar-refractivity contribution in [1.82, 2.24) is 0 Å². The van der Waals surface area contributed by atoms with Crippen molar-refractivity contribution in [2.24, 2.45) is 0 Å². The molecule has 1 saturated heterocycles. The summed E-state index contributed by atoms with van der Waals surface area (Å²) in [5.74, 6) is -0.418. The molecule has 6 unspecified atom stereocenters. The van der Waals surface area contributed by atoms with E-state index < -0.39 is 59.8 Å². The number of aliphatic hydroxyl groups excluding tert-OH is 3. The normalized spacial score (nSPS) is 20.0. The molecule has 68 heavy (non-hydrogen) atoms. The molecule has 392 valence electrons. The summed E-state index contributed by atoms with van der Waals surface area (Å²) < 4.78 is 59.3. The average Bonchev–Trinajstić information content (AvgIpc) is 3.31. The van der Waals surface area contributed by atoms with Crippen LogP contribution < -0.4 is 0 Å². The Morgan fingerprint density at radius 3 is 1.50 bits per heavy atom. The predicted octanol–water partition coefficient (Wildman–Crippen LogP) is 12.4. The van der Waals surface area contributed by atoms with Crippen LogP contribution in [0.5, 0.6) is 0 Å². The standard InChI is InChI=1S/C55H94O12S/c1-3-5-7-9-11-13-15-17-19-21-22-23-24-25-26-27-28-29-30-32-34-36-38-40-42-44-51(57)65-49(48-64-55-53(59)54(67-68(60,61)62)52(58)50(46-56)66-55)47-63-45-43-41-39-37-35-33-31-20-18-16-14-12-10-8-6-4-2/h5,7,11,13,17-20,22-23,25-26,28-29,49-50,52-56,58-59H,3-4,6,8-10,12,14-16,21,24,27,30-48H2,1-2H3,(H,60,61,62)/b7-5-,13-11-,19-17-,20-18-,23-22-,26-25-,29-28-. The third-order valence-corrected chi connectivity index (χ3v) is 12.0. The van der Waals surface area contributed by atoms with E-state index >= 15 is 0 Å². The van der Waals surface area contributed by atoms with Crippen molar-refractivity contribution in [2.45, 2.75) is 230 Å². The fourth-order valence-corrected chi connectivity index (χ4v) is 8.06. The van der Waals surface area contributed by atoms with Crippen molar-refractivity contribution < 1.29 is 56.2 Å². The number of aliphatic hydroxyl groups is 3. The Hall–Kier alpha value is -2.72. The Balaban J connectivity index is 2.37. The minimum absolute atomic E-state index is 0.0212. The number of hydrogen-bond acceptors (Lipinski definition) is 11. The molecular weight excluding hydrogens is 885 g/mol. The SMILES string of the molecule is CC/C=C\C/C=C\C/C=C\C/C=C\C/C=C\C/C=C\CCCCCCCCC(=O)OC(COCCCCCCCC/C=C\CCCCCCCC)COC1OC(CO)C(O)C(OS(=O)(=O)O)C1O. The van der Waals surface area contributed by atoms with E-state index in [-0.39, 0.29) is 19.6 Å². The van der Waals surface area contributed by atoms with Gasteiger partial charge >= 0.3 is 16.4 Å². The highest BCUT2D eigenvalue weighted by Crippen LogP contribution is 2.26. The second-order valence-electron chi connectivity index (χ2n) is 17.7. The molecule has 0 aromatic carbocycles. The monoisotopic (exact) mass is 979 g/mol. The van der Waals surface area contributed by atoms with Crippen LogP contribution in [0.1, 0.15) is 194 Å². The van der Waals surface area contributed by atoms with Crippen molar-refractivity contribution >= 4 is 16.4 Å². The molecule has 1 aliphatic rings. The maximum absolute atomic E-state index is 12.9. The van der Waals surface area contributed by atoms with Gasteiger partial charge in [-0.3, -0.25) is 9.35 Å². The van der Waals surface area contributed by atoms with Crippen LogP contribution in [0.15, 0.2) is 85.1 Å². The number of rotatable bonds is 45. The molecule has 1 heterocycles. The molecule has 0 spiro atoms. The third-order valence-electron chi connectivity index (χ3n) is 11.5. The van der Waals surface area contributed by atoms with E-state index in [0.717, 1.165) is 103 Å². The van der Waals surface area contributed by atoms with Gasteiger partial charge in [0.15, 0.2) is 6.29 Å². The van der Waals surface area contributed by atoms with Gasteiger partial charge in [0.2, 0.25) is 0 Å². The maximum Gasteiger partial charge on any atom is 0.397 e. The van der Waals surface area contributed by atoms with Crippen molar-refractivity contribution in [2.75, 3.05) is 26.4 Å². The topological polar surface area (TPSA) is 178 Å². The molecule has 0 radical (unpaired) electrons. The smallest absolute Gasteiger partial charge is 0.397 e. The maximum atomic E-state index is 12.9. The lowest BCUT2D eigenvalue weighted by atomic mass is 9.99. The molecule has 12 nitrogen and oxygen atoms in total. The number of unbranched alkanes of at least 4 members (excludes halogenated alkanes) is 18. The lowest BCUT2D eigenvalue weighted by Gasteiger charge is -2.41. The molecule has 1 rings (SSSR count). The molecule has 6 atom stereocenters. The van der Waals surface area contributed by atoms with Gasteiger partial charge in [0.1, 0.15) is 30.5 Å². The Bertz CT molecular complexity index is 1500. The molecule has 13 heteroatoms. The number of allylic oxidation sites excluding steroid dienone is 14. The zero-order valence-electron chi connectivity index (χ0n) is 42.1. The summed E-state index contributed by atoms with van der Waals surface area (Å²) in [7, 11) is -5.07. The first-order valence-corrected chi connectivity index (χ1v) is 27.7. The Morgan fingerprint density at radius 1 is 0.574 bits per heavy atom. The summed E-state index contributed by atoms with van der Waals surface area (Å²) in [6, 6.07) is 0. The van der Waals surface area contributed by atoms with Crippen LogP contribution in [0.3, 0.4) is 0 Å². The van der Waals surface area contributed by atoms with E-state index in [4.69, 9.17) is 18.9 Å². The van der Waals surface area contributed by atoms with Gasteiger partial charge in [-0.15, -0.1) is 0 Å². The summed E-state index contributed by atoms with van der Waals surface area (Å²) in [6.07, 6.45) is 51.8. The Labute approximate surface area is 413 Å². The van der Waals surface area contributed by atoms with Crippen LogP contribution in [0, 0.1) is 0 Å². The fraction of sp³-hybridized carbons (Fsp3) is 0.727. The molecule has 0 aliphatic carbocycles. The Morgan fingerprint density at radius 2 is 1.01 bits per heavy atom. The number of carbonyl (C=O) groups excluding carboxylic acids is 1. The quantitative estimate of drug-likeness (QED) is 0.0197. The van der Waals surface area contributed by atoms with Gasteiger partial charge in [-0.1, -0.05) is 182 Å². The average molecular weight is 979 g/mol. The molecule has 0 aromatic heterocycles. The van der Waals surface area contributed by atoms with Crippen LogP contribution in [0.25, 0.3) is 0 Å². The zero-order valence-corrected chi connectivity index (χ0v) is 43.0. The van der Waals surface area contributed by atoms with Crippen molar-refractivity contribution in [1.29, 1.82) is 0 Å². The van der Waals surface area contributed by atoms with Crippen molar-refractivity contribution in [3.63, 3.8) is 0 Å². The minimum atomic E-state index is -5.07. The van der Waals surface area contributed by atoms with Gasteiger partial charge in [0.05, 0.1) is 19.8 Å². The predicted molar refractivity (Wildman–Crippen MR) is 275 cm³/mol. The van der Waals surface area contributed by atoms with Crippen molar-refractivity contribution in [3.05, 3.63) is 85.1 Å². The van der Waals surface area contributed by atoms with Gasteiger partial charge in [-0.2, -0.15) is 8.42 Å². The van der Waals surface area contributed by atoms with E-state index in [1.54, 1.807) is 0 Å². The van der Waals surface area contributed by atoms with Gasteiger partial charge in [-0.05, 0) is 89.9 Å². The molecule has 1 aliphatic heterocycles. The first kappa shape index (κ1) is 63.3. The highest BCUT2D eigenvalue weighted by molar-refractivity contribution is 7.80. The van der Waals surface area contributed by atoms with E-state index in [0.29, 0.717) is 13.0 Å². The summed E-state index contributed by atoms with van der Waals surface area (Å²) >= 11 is 0. The minimum Gasteiger partial charge on any atom is -0.457 e. The van der Waals surface area contributed by atoms with Crippen LogP contribution in [0.4, 0.5) is 0 Å². The molecule has 0 amide bonds. The molecule has 1 fully saturated rings. The number of hydrogen-bond donors (Lipinski definition) is 4. The lowest BCUT2D eigenvalue weighted by Crippen LogP contribution is -2.60. The Kier molecular flexibility index (Phi) is 42.3. The largest absolute Gasteiger partial charge is 0.457 e. The molecule has 4 N–H and O–H groups in total. The van der Waals surface area contributed by atoms with E-state index in [1.807, 2.05) is 0 Å². The number of carbonyl (C=O) groups is 1. The van der Waals surface area contributed by atoms with Crippen LogP contribution >= 0.6 is 0 Å². The summed E-state index contributed by atoms with van der Waals surface area (Å²) in [4.78, 5) is 12.9. The first-order valence-electron chi connectivity index (χ1n) is 26.3. The highest BCUT2D eigenvalue weighted by atomic mass is 32.3.